The van der Waals surface area contributed by atoms with E-state index in [1.807, 2.05) is 0 Å². The average molecular weight is 278 g/mol. The molecule has 4 heteroatoms. The quantitative estimate of drug-likeness (QED) is 0.777. The Bertz CT molecular complexity index is 403. The Morgan fingerprint density at radius 1 is 1.15 bits per heavy atom. The summed E-state index contributed by atoms with van der Waals surface area (Å²) in [6, 6.07) is 6.52. The van der Waals surface area contributed by atoms with Crippen molar-refractivity contribution in [3.63, 3.8) is 0 Å². The lowest BCUT2D eigenvalue weighted by Gasteiger charge is -2.30. The van der Waals surface area contributed by atoms with E-state index < -0.39 is 0 Å². The molecule has 1 saturated heterocycles. The zero-order valence-corrected chi connectivity index (χ0v) is 12.7. The molecule has 0 spiro atoms. The van der Waals surface area contributed by atoms with Gasteiger partial charge in [0.25, 0.3) is 0 Å². The standard InChI is InChI=1S/C16H26N2O2/c1-19-11-8-17-13-14-6-7-15(16(12-14)20-2)18-9-4-3-5-10-18/h6-7,12,17H,3-5,8-11,13H2,1-2H3. The van der Waals surface area contributed by atoms with Crippen LogP contribution >= 0.6 is 0 Å². The first-order valence-corrected chi connectivity index (χ1v) is 7.46. The molecule has 0 radical (unpaired) electrons. The average Bonchev–Trinajstić information content (AvgIpc) is 2.52. The van der Waals surface area contributed by atoms with Crippen molar-refractivity contribution in [1.82, 2.24) is 5.32 Å². The first-order chi connectivity index (χ1) is 9.85. The summed E-state index contributed by atoms with van der Waals surface area (Å²) in [7, 11) is 3.48. The molecule has 0 bridgehead atoms. The maximum Gasteiger partial charge on any atom is 0.142 e. The van der Waals surface area contributed by atoms with E-state index in [1.165, 1.54) is 30.5 Å². The van der Waals surface area contributed by atoms with Crippen LogP contribution in [0, 0.1) is 0 Å². The molecule has 0 atom stereocenters. The molecule has 1 fully saturated rings. The minimum Gasteiger partial charge on any atom is -0.495 e. The lowest BCUT2D eigenvalue weighted by Crippen LogP contribution is -2.29. The van der Waals surface area contributed by atoms with E-state index in [9.17, 15) is 0 Å². The van der Waals surface area contributed by atoms with E-state index >= 15 is 0 Å². The van der Waals surface area contributed by atoms with Crippen LogP contribution < -0.4 is 15.0 Å². The van der Waals surface area contributed by atoms with Gasteiger partial charge in [-0.25, -0.2) is 0 Å². The van der Waals surface area contributed by atoms with Crippen molar-refractivity contribution in [2.45, 2.75) is 25.8 Å². The largest absolute Gasteiger partial charge is 0.495 e. The maximum atomic E-state index is 5.57. The van der Waals surface area contributed by atoms with E-state index in [2.05, 4.69) is 28.4 Å². The summed E-state index contributed by atoms with van der Waals surface area (Å²) in [5, 5.41) is 3.36. The highest BCUT2D eigenvalue weighted by atomic mass is 16.5. The van der Waals surface area contributed by atoms with Gasteiger partial charge in [0.1, 0.15) is 5.75 Å². The summed E-state index contributed by atoms with van der Waals surface area (Å²) in [6.07, 6.45) is 3.91. The fraction of sp³-hybridized carbons (Fsp3) is 0.625. The molecule has 2 rings (SSSR count). The molecule has 1 aliphatic heterocycles. The second kappa shape index (κ2) is 8.12. The van der Waals surface area contributed by atoms with Crippen LogP contribution in [0.5, 0.6) is 5.75 Å². The van der Waals surface area contributed by atoms with Crippen molar-refractivity contribution in [2.75, 3.05) is 45.4 Å². The van der Waals surface area contributed by atoms with Crippen molar-refractivity contribution >= 4 is 5.69 Å². The number of benzene rings is 1. The van der Waals surface area contributed by atoms with Gasteiger partial charge in [0.2, 0.25) is 0 Å². The highest BCUT2D eigenvalue weighted by Gasteiger charge is 2.15. The second-order valence-corrected chi connectivity index (χ2v) is 5.22. The van der Waals surface area contributed by atoms with Crippen molar-refractivity contribution in [3.8, 4) is 5.75 Å². The van der Waals surface area contributed by atoms with Crippen LogP contribution in [0.2, 0.25) is 0 Å². The normalized spacial score (nSPS) is 15.4. The first kappa shape index (κ1) is 15.1. The third-order valence-electron chi connectivity index (χ3n) is 3.75. The molecule has 1 aromatic rings. The monoisotopic (exact) mass is 278 g/mol. The van der Waals surface area contributed by atoms with Crippen molar-refractivity contribution in [3.05, 3.63) is 23.8 Å². The van der Waals surface area contributed by atoms with Crippen LogP contribution in [-0.4, -0.2) is 40.5 Å². The van der Waals surface area contributed by atoms with E-state index in [1.54, 1.807) is 14.2 Å². The van der Waals surface area contributed by atoms with E-state index in [0.717, 1.165) is 38.5 Å². The van der Waals surface area contributed by atoms with Crippen LogP contribution in [0.4, 0.5) is 5.69 Å². The third-order valence-corrected chi connectivity index (χ3v) is 3.75. The molecular formula is C16H26N2O2. The maximum absolute atomic E-state index is 5.57. The smallest absolute Gasteiger partial charge is 0.142 e. The van der Waals surface area contributed by atoms with Gasteiger partial charge in [0.05, 0.1) is 19.4 Å². The molecule has 0 aliphatic carbocycles. The van der Waals surface area contributed by atoms with Gasteiger partial charge in [-0.3, -0.25) is 0 Å². The van der Waals surface area contributed by atoms with E-state index in [-0.39, 0.29) is 0 Å². The number of hydrogen-bond acceptors (Lipinski definition) is 4. The number of hydrogen-bond donors (Lipinski definition) is 1. The van der Waals surface area contributed by atoms with Gasteiger partial charge in [0, 0.05) is 33.3 Å². The Kier molecular flexibility index (Phi) is 6.15. The van der Waals surface area contributed by atoms with Crippen molar-refractivity contribution in [1.29, 1.82) is 0 Å². The van der Waals surface area contributed by atoms with Gasteiger partial charge in [-0.05, 0) is 37.0 Å². The number of methoxy groups -OCH3 is 2. The summed E-state index contributed by atoms with van der Waals surface area (Å²) in [5.41, 5.74) is 2.48. The Balaban J connectivity index is 1.99. The summed E-state index contributed by atoms with van der Waals surface area (Å²) in [6.45, 7) is 4.74. The van der Waals surface area contributed by atoms with Crippen LogP contribution in [0.1, 0.15) is 24.8 Å². The fourth-order valence-corrected chi connectivity index (χ4v) is 2.64. The van der Waals surface area contributed by atoms with Crippen LogP contribution in [-0.2, 0) is 11.3 Å². The van der Waals surface area contributed by atoms with Crippen LogP contribution in [0.3, 0.4) is 0 Å². The summed E-state index contributed by atoms with van der Waals surface area (Å²) < 4.78 is 10.6. The molecular weight excluding hydrogens is 252 g/mol. The summed E-state index contributed by atoms with van der Waals surface area (Å²) in [4.78, 5) is 2.43. The number of ether oxygens (including phenoxy) is 2. The van der Waals surface area contributed by atoms with Gasteiger partial charge >= 0.3 is 0 Å². The second-order valence-electron chi connectivity index (χ2n) is 5.22. The predicted octanol–water partition coefficient (Wildman–Crippen LogP) is 2.42. The van der Waals surface area contributed by atoms with Crippen molar-refractivity contribution in [2.24, 2.45) is 0 Å². The Hall–Kier alpha value is -1.26. The summed E-state index contributed by atoms with van der Waals surface area (Å²) >= 11 is 0. The van der Waals surface area contributed by atoms with Gasteiger partial charge in [-0.1, -0.05) is 6.07 Å². The SMILES string of the molecule is COCCNCc1ccc(N2CCCCC2)c(OC)c1. The molecule has 1 aliphatic rings. The van der Waals surface area contributed by atoms with Crippen LogP contribution in [0.25, 0.3) is 0 Å². The van der Waals surface area contributed by atoms with Gasteiger partial charge in [0.15, 0.2) is 0 Å². The number of nitrogens with zero attached hydrogens (tertiary/aromatic N) is 1. The number of piperidine rings is 1. The number of rotatable bonds is 7. The molecule has 0 unspecified atom stereocenters. The molecule has 1 heterocycles. The number of nitrogens with one attached hydrogen (secondary N) is 1. The van der Waals surface area contributed by atoms with Crippen molar-refractivity contribution < 1.29 is 9.47 Å². The molecule has 0 aromatic heterocycles. The Labute approximate surface area is 122 Å². The molecule has 1 aromatic carbocycles. The molecule has 20 heavy (non-hydrogen) atoms. The highest BCUT2D eigenvalue weighted by Crippen LogP contribution is 2.31. The lowest BCUT2D eigenvalue weighted by molar-refractivity contribution is 0.199. The Morgan fingerprint density at radius 2 is 1.95 bits per heavy atom. The molecule has 1 N–H and O–H groups in total. The lowest BCUT2D eigenvalue weighted by atomic mass is 10.1. The Morgan fingerprint density at radius 3 is 2.65 bits per heavy atom. The molecule has 112 valence electrons. The minimum atomic E-state index is 0.739. The minimum absolute atomic E-state index is 0.739. The first-order valence-electron chi connectivity index (χ1n) is 7.46. The van der Waals surface area contributed by atoms with E-state index in [4.69, 9.17) is 9.47 Å². The predicted molar refractivity (Wildman–Crippen MR) is 82.6 cm³/mol. The molecule has 0 amide bonds. The zero-order chi connectivity index (χ0) is 14.2. The van der Waals surface area contributed by atoms with Gasteiger partial charge < -0.3 is 19.7 Å². The van der Waals surface area contributed by atoms with Crippen LogP contribution in [0.15, 0.2) is 18.2 Å². The van der Waals surface area contributed by atoms with E-state index in [0.29, 0.717) is 0 Å². The van der Waals surface area contributed by atoms with Gasteiger partial charge in [-0.2, -0.15) is 0 Å². The topological polar surface area (TPSA) is 33.7 Å². The third kappa shape index (κ3) is 4.12. The summed E-state index contributed by atoms with van der Waals surface area (Å²) in [5.74, 6) is 0.984. The van der Waals surface area contributed by atoms with Gasteiger partial charge in [-0.15, -0.1) is 0 Å². The molecule has 4 nitrogen and oxygen atoms in total. The number of anilines is 1. The fourth-order valence-electron chi connectivity index (χ4n) is 2.64. The zero-order valence-electron chi connectivity index (χ0n) is 12.7. The highest BCUT2D eigenvalue weighted by molar-refractivity contribution is 5.60. The molecule has 0 saturated carbocycles.